The average molecular weight is 246 g/mol. The summed E-state index contributed by atoms with van der Waals surface area (Å²) in [6.07, 6.45) is 1.28. The number of pyridine rings is 1. The maximum absolute atomic E-state index is 11.5. The minimum atomic E-state index is -0.301. The fourth-order valence-electron chi connectivity index (χ4n) is 1.59. The summed E-state index contributed by atoms with van der Waals surface area (Å²) in [6, 6.07) is 8.43. The van der Waals surface area contributed by atoms with Crippen LogP contribution in [0.4, 0.5) is 5.69 Å². The molecule has 0 spiro atoms. The molecule has 1 aromatic heterocycles. The van der Waals surface area contributed by atoms with Gasteiger partial charge in [0.25, 0.3) is 0 Å². The Morgan fingerprint density at radius 1 is 1.33 bits per heavy atom. The van der Waals surface area contributed by atoms with E-state index in [0.717, 1.165) is 5.56 Å². The molecule has 0 aliphatic carbocycles. The minimum Gasteiger partial charge on any atom is -0.618 e. The van der Waals surface area contributed by atoms with E-state index in [-0.39, 0.29) is 12.3 Å². The number of aromatic nitrogens is 1. The number of aliphatic hydroxyl groups is 1. The molecule has 5 heteroatoms. The van der Waals surface area contributed by atoms with E-state index in [2.05, 4.69) is 0 Å². The molecule has 2 rings (SSSR count). The van der Waals surface area contributed by atoms with Gasteiger partial charge in [-0.05, 0) is 36.8 Å². The van der Waals surface area contributed by atoms with E-state index in [9.17, 15) is 5.21 Å². The molecule has 94 valence electrons. The van der Waals surface area contributed by atoms with Crippen molar-refractivity contribution >= 4 is 5.69 Å². The molecule has 3 N–H and O–H groups in total. The largest absolute Gasteiger partial charge is 0.618 e. The summed E-state index contributed by atoms with van der Waals surface area (Å²) >= 11 is 0. The molecule has 18 heavy (non-hydrogen) atoms. The van der Waals surface area contributed by atoms with Gasteiger partial charge in [-0.3, -0.25) is 0 Å². The highest BCUT2D eigenvalue weighted by Crippen LogP contribution is 2.25. The highest BCUT2D eigenvalue weighted by molar-refractivity contribution is 5.48. The number of anilines is 1. The smallest absolute Gasteiger partial charge is 0.223 e. The zero-order valence-corrected chi connectivity index (χ0v) is 9.96. The molecule has 0 aliphatic heterocycles. The van der Waals surface area contributed by atoms with Crippen LogP contribution in [-0.2, 0) is 6.61 Å². The van der Waals surface area contributed by atoms with Gasteiger partial charge in [0.05, 0.1) is 0 Å². The summed E-state index contributed by atoms with van der Waals surface area (Å²) in [6.45, 7) is 1.57. The summed E-state index contributed by atoms with van der Waals surface area (Å²) in [7, 11) is 0. The summed E-state index contributed by atoms with van der Waals surface area (Å²) in [4.78, 5) is 0. The van der Waals surface area contributed by atoms with E-state index in [1.54, 1.807) is 24.3 Å². The maximum Gasteiger partial charge on any atom is 0.223 e. The van der Waals surface area contributed by atoms with Gasteiger partial charge in [0.2, 0.25) is 11.9 Å². The summed E-state index contributed by atoms with van der Waals surface area (Å²) in [5, 5.41) is 20.4. The lowest BCUT2D eigenvalue weighted by Gasteiger charge is -2.09. The Labute approximate surface area is 105 Å². The first-order chi connectivity index (χ1) is 8.60. The Bertz CT molecular complexity index is 570. The number of ether oxygens (including phenoxy) is 1. The van der Waals surface area contributed by atoms with Crippen LogP contribution in [0.5, 0.6) is 11.5 Å². The number of benzene rings is 1. The minimum absolute atomic E-state index is 0.274. The van der Waals surface area contributed by atoms with Crippen LogP contribution in [0.25, 0.3) is 0 Å². The molecule has 0 saturated carbocycles. The number of aryl methyl sites for hydroxylation is 1. The Morgan fingerprint density at radius 2 is 2.11 bits per heavy atom. The molecule has 0 aliphatic rings. The van der Waals surface area contributed by atoms with Crippen molar-refractivity contribution in [1.29, 1.82) is 0 Å². The molecular weight excluding hydrogens is 232 g/mol. The van der Waals surface area contributed by atoms with Crippen LogP contribution < -0.4 is 15.2 Å². The molecule has 1 heterocycles. The van der Waals surface area contributed by atoms with E-state index in [0.29, 0.717) is 21.9 Å². The molecule has 0 atom stereocenters. The van der Waals surface area contributed by atoms with Gasteiger partial charge in [-0.2, -0.15) is 4.73 Å². The molecule has 1 aromatic carbocycles. The lowest BCUT2D eigenvalue weighted by Crippen LogP contribution is -2.31. The molecule has 0 bridgehead atoms. The van der Waals surface area contributed by atoms with E-state index >= 15 is 0 Å². The molecule has 0 fully saturated rings. The van der Waals surface area contributed by atoms with Gasteiger partial charge < -0.3 is 20.8 Å². The van der Waals surface area contributed by atoms with Crippen molar-refractivity contribution in [3.8, 4) is 11.5 Å². The van der Waals surface area contributed by atoms with Crippen LogP contribution in [0.1, 0.15) is 11.3 Å². The highest BCUT2D eigenvalue weighted by atomic mass is 16.5. The maximum atomic E-state index is 11.5. The predicted octanol–water partition coefficient (Wildman–Crippen LogP) is 1.50. The fraction of sp³-hybridized carbons (Fsp3) is 0.154. The molecule has 0 amide bonds. The van der Waals surface area contributed by atoms with Crippen molar-refractivity contribution in [3.63, 3.8) is 0 Å². The van der Waals surface area contributed by atoms with Gasteiger partial charge in [0.15, 0.2) is 5.75 Å². The van der Waals surface area contributed by atoms with Crippen molar-refractivity contribution < 1.29 is 14.6 Å². The predicted molar refractivity (Wildman–Crippen MR) is 67.0 cm³/mol. The lowest BCUT2D eigenvalue weighted by atomic mass is 10.2. The van der Waals surface area contributed by atoms with Crippen molar-refractivity contribution in [2.45, 2.75) is 13.5 Å². The summed E-state index contributed by atoms with van der Waals surface area (Å²) in [5.41, 5.74) is 7.47. The van der Waals surface area contributed by atoms with Crippen molar-refractivity contribution in [3.05, 3.63) is 53.0 Å². The van der Waals surface area contributed by atoms with Crippen molar-refractivity contribution in [2.75, 3.05) is 5.73 Å². The van der Waals surface area contributed by atoms with Gasteiger partial charge >= 0.3 is 0 Å². The number of nitrogen functional groups attached to an aromatic ring is 1. The third-order valence-electron chi connectivity index (χ3n) is 2.56. The first-order valence-electron chi connectivity index (χ1n) is 5.47. The zero-order chi connectivity index (χ0) is 13.1. The third-order valence-corrected chi connectivity index (χ3v) is 2.56. The van der Waals surface area contributed by atoms with E-state index < -0.39 is 0 Å². The second kappa shape index (κ2) is 4.93. The molecule has 0 radical (unpaired) electrons. The average Bonchev–Trinajstić information content (AvgIpc) is 2.33. The number of aliphatic hydroxyl groups excluding tert-OH is 1. The van der Waals surface area contributed by atoms with Gasteiger partial charge in [-0.1, -0.05) is 0 Å². The van der Waals surface area contributed by atoms with Crippen LogP contribution in [-0.4, -0.2) is 5.11 Å². The van der Waals surface area contributed by atoms with Crippen LogP contribution in [0, 0.1) is 12.1 Å². The number of nitrogens with two attached hydrogens (primary N) is 1. The second-order valence-electron chi connectivity index (χ2n) is 3.97. The zero-order valence-electron chi connectivity index (χ0n) is 9.96. The van der Waals surface area contributed by atoms with Gasteiger partial charge in [-0.15, -0.1) is 0 Å². The Balaban J connectivity index is 2.26. The molecule has 0 unspecified atom stereocenters. The fourth-order valence-corrected chi connectivity index (χ4v) is 1.59. The summed E-state index contributed by atoms with van der Waals surface area (Å²) in [5.74, 6) is 1.05. The molecular formula is C13H14N2O3. The summed E-state index contributed by atoms with van der Waals surface area (Å²) < 4.78 is 6.17. The topological polar surface area (TPSA) is 82.4 Å². The van der Waals surface area contributed by atoms with Gasteiger partial charge in [0.1, 0.15) is 12.4 Å². The standard InChI is InChI=1S/C13H14N2O3/c1-9-6-10(14)2-5-13(9)18-12-4-3-11(8-16)15(17)7-12/h2-7,16H,8,14H2,1H3. The van der Waals surface area contributed by atoms with Crippen LogP contribution in [0.3, 0.4) is 0 Å². The molecule has 2 aromatic rings. The van der Waals surface area contributed by atoms with E-state index in [1.165, 1.54) is 12.3 Å². The van der Waals surface area contributed by atoms with Crippen molar-refractivity contribution in [2.24, 2.45) is 0 Å². The second-order valence-corrected chi connectivity index (χ2v) is 3.97. The van der Waals surface area contributed by atoms with Crippen molar-refractivity contribution in [1.82, 2.24) is 0 Å². The Kier molecular flexibility index (Phi) is 3.34. The van der Waals surface area contributed by atoms with Crippen LogP contribution in [0.15, 0.2) is 36.5 Å². The monoisotopic (exact) mass is 246 g/mol. The first kappa shape index (κ1) is 12.2. The third kappa shape index (κ3) is 2.52. The normalized spacial score (nSPS) is 10.3. The Hall–Kier alpha value is -2.27. The Morgan fingerprint density at radius 3 is 2.72 bits per heavy atom. The van der Waals surface area contributed by atoms with Crippen LogP contribution >= 0.6 is 0 Å². The quantitative estimate of drug-likeness (QED) is 0.488. The van der Waals surface area contributed by atoms with E-state index in [1.807, 2.05) is 6.92 Å². The number of hydrogen-bond donors (Lipinski definition) is 2. The molecule has 5 nitrogen and oxygen atoms in total. The number of rotatable bonds is 3. The van der Waals surface area contributed by atoms with Gasteiger partial charge in [0, 0.05) is 11.8 Å². The SMILES string of the molecule is Cc1cc(N)ccc1Oc1ccc(CO)[n+]([O-])c1. The lowest BCUT2D eigenvalue weighted by molar-refractivity contribution is -0.616. The molecule has 0 saturated heterocycles. The van der Waals surface area contributed by atoms with E-state index in [4.69, 9.17) is 15.6 Å². The number of hydrogen-bond acceptors (Lipinski definition) is 4. The van der Waals surface area contributed by atoms with Gasteiger partial charge in [-0.25, -0.2) is 0 Å². The number of nitrogens with zero attached hydrogens (tertiary/aromatic N) is 1. The first-order valence-corrected chi connectivity index (χ1v) is 5.47. The van der Waals surface area contributed by atoms with Crippen LogP contribution in [0.2, 0.25) is 0 Å². The highest BCUT2D eigenvalue weighted by Gasteiger charge is 2.08.